The van der Waals surface area contributed by atoms with Gasteiger partial charge in [-0.05, 0) is 63.3 Å². The van der Waals surface area contributed by atoms with Gasteiger partial charge in [0.25, 0.3) is 0 Å². The van der Waals surface area contributed by atoms with Crippen molar-refractivity contribution in [1.29, 1.82) is 0 Å². The zero-order chi connectivity index (χ0) is 24.8. The molecule has 0 fully saturated rings. The van der Waals surface area contributed by atoms with Crippen molar-refractivity contribution >= 4 is 28.0 Å². The Morgan fingerprint density at radius 2 is 1.86 bits per heavy atom. The molecule has 1 N–H and O–H groups in total. The second-order valence-electron chi connectivity index (χ2n) is 9.36. The van der Waals surface area contributed by atoms with Gasteiger partial charge in [0.1, 0.15) is 6.17 Å². The molecule has 3 aromatic heterocycles. The molecule has 0 aliphatic carbocycles. The lowest BCUT2D eigenvalue weighted by atomic mass is 9.98. The second kappa shape index (κ2) is 8.69. The van der Waals surface area contributed by atoms with Gasteiger partial charge in [-0.2, -0.15) is 15.3 Å². The first-order valence-corrected chi connectivity index (χ1v) is 11.9. The third kappa shape index (κ3) is 3.93. The third-order valence-corrected chi connectivity index (χ3v) is 6.31. The Kier molecular flexibility index (Phi) is 5.34. The van der Waals surface area contributed by atoms with Gasteiger partial charge in [-0.3, -0.25) is 0 Å². The molecule has 0 saturated carbocycles. The van der Waals surface area contributed by atoms with E-state index < -0.39 is 0 Å². The molecule has 0 radical (unpaired) electrons. The van der Waals surface area contributed by atoms with Crippen LogP contribution in [0.1, 0.15) is 29.3 Å². The number of hydrogen-bond donors (Lipinski definition) is 1. The van der Waals surface area contributed by atoms with Crippen LogP contribution < -0.4 is 5.32 Å². The summed E-state index contributed by atoms with van der Waals surface area (Å²) in [4.78, 5) is 12.9. The Labute approximate surface area is 209 Å². The number of nitrogens with zero attached hydrogens (tertiary/aromatic N) is 8. The van der Waals surface area contributed by atoms with Crippen molar-refractivity contribution < 1.29 is 0 Å². The van der Waals surface area contributed by atoms with E-state index in [-0.39, 0.29) is 6.17 Å². The molecule has 0 spiro atoms. The minimum atomic E-state index is -0.0631. The van der Waals surface area contributed by atoms with E-state index in [9.17, 15) is 0 Å². The van der Waals surface area contributed by atoms with E-state index in [1.165, 1.54) is 15.9 Å². The van der Waals surface area contributed by atoms with E-state index in [2.05, 4.69) is 76.8 Å². The number of fused-ring (bicyclic) bond motifs is 2. The summed E-state index contributed by atoms with van der Waals surface area (Å²) in [7, 11) is 4.16. The average Bonchev–Trinajstić information content (AvgIpc) is 3.49. The van der Waals surface area contributed by atoms with E-state index >= 15 is 0 Å². The van der Waals surface area contributed by atoms with Crippen LogP contribution in [0.2, 0.25) is 0 Å². The predicted molar refractivity (Wildman–Crippen MR) is 141 cm³/mol. The van der Waals surface area contributed by atoms with Gasteiger partial charge in [0, 0.05) is 35.5 Å². The monoisotopic (exact) mass is 477 g/mol. The van der Waals surface area contributed by atoms with Gasteiger partial charge in [0.2, 0.25) is 0 Å². The largest absolute Gasteiger partial charge is 0.365 e. The van der Waals surface area contributed by atoms with Crippen LogP contribution in [-0.2, 0) is 6.54 Å². The average molecular weight is 478 g/mol. The first-order chi connectivity index (χ1) is 17.5. The predicted octanol–water partition coefficient (Wildman–Crippen LogP) is 3.58. The van der Waals surface area contributed by atoms with Gasteiger partial charge in [-0.15, -0.1) is 4.80 Å². The standard InChI is InChI=1S/C27H27N9/c1-17-14-30-36(32-17)25-10-9-22-21(11-12-28-27(22)31-25)24-15-29-26-13-23(18(2)33-35(24)26)20-7-5-19(6-8-20)16-34(3)4/h5-15,26,29H,16H2,1-4H3. The molecule has 2 aliphatic rings. The lowest BCUT2D eigenvalue weighted by Crippen LogP contribution is -2.35. The first kappa shape index (κ1) is 22.1. The molecular weight excluding hydrogens is 450 g/mol. The van der Waals surface area contributed by atoms with Crippen molar-refractivity contribution in [2.75, 3.05) is 14.1 Å². The highest BCUT2D eigenvalue weighted by Gasteiger charge is 2.30. The summed E-state index contributed by atoms with van der Waals surface area (Å²) in [5.41, 5.74) is 8.04. The fourth-order valence-corrected chi connectivity index (χ4v) is 4.64. The number of allylic oxidation sites excluding steroid dienone is 1. The molecule has 1 aromatic carbocycles. The van der Waals surface area contributed by atoms with Gasteiger partial charge in [-0.25, -0.2) is 15.0 Å². The lowest BCUT2D eigenvalue weighted by Gasteiger charge is -2.28. The van der Waals surface area contributed by atoms with Gasteiger partial charge >= 0.3 is 0 Å². The highest BCUT2D eigenvalue weighted by molar-refractivity contribution is 6.23. The lowest BCUT2D eigenvalue weighted by molar-refractivity contribution is 0.356. The molecule has 180 valence electrons. The molecule has 6 rings (SSSR count). The Balaban J connectivity index is 1.29. The van der Waals surface area contributed by atoms with Crippen molar-refractivity contribution in [2.24, 2.45) is 5.10 Å². The van der Waals surface area contributed by atoms with E-state index in [0.717, 1.165) is 40.2 Å². The van der Waals surface area contributed by atoms with Crippen molar-refractivity contribution in [2.45, 2.75) is 26.6 Å². The zero-order valence-corrected chi connectivity index (χ0v) is 20.7. The molecule has 1 atom stereocenters. The molecule has 36 heavy (non-hydrogen) atoms. The normalized spacial score (nSPS) is 17.1. The number of nitrogens with one attached hydrogen (secondary N) is 1. The number of aromatic nitrogens is 5. The highest BCUT2D eigenvalue weighted by Crippen LogP contribution is 2.34. The number of rotatable bonds is 5. The van der Waals surface area contributed by atoms with Crippen LogP contribution in [0.4, 0.5) is 0 Å². The van der Waals surface area contributed by atoms with Crippen LogP contribution in [-0.4, -0.2) is 60.8 Å². The SMILES string of the molecule is CC1=NN2C(c3ccnc4nc(-n5ncc(C)n5)ccc34)=CNC2C=C1c1ccc(CN(C)C)cc1. The molecule has 9 nitrogen and oxygen atoms in total. The zero-order valence-electron chi connectivity index (χ0n) is 20.7. The quantitative estimate of drug-likeness (QED) is 0.470. The van der Waals surface area contributed by atoms with Crippen LogP contribution in [0.3, 0.4) is 0 Å². The summed E-state index contributed by atoms with van der Waals surface area (Å²) in [6.07, 6.45) is 7.68. The maximum absolute atomic E-state index is 4.98. The minimum Gasteiger partial charge on any atom is -0.365 e. The van der Waals surface area contributed by atoms with Crippen LogP contribution in [0, 0.1) is 6.92 Å². The van der Waals surface area contributed by atoms with Crippen molar-refractivity contribution in [1.82, 2.24) is 40.2 Å². The summed E-state index contributed by atoms with van der Waals surface area (Å²) in [6, 6.07) is 14.7. The minimum absolute atomic E-state index is 0.0631. The maximum atomic E-state index is 4.98. The summed E-state index contributed by atoms with van der Waals surface area (Å²) in [6.45, 7) is 4.88. The molecule has 0 saturated heterocycles. The molecule has 9 heteroatoms. The number of aryl methyl sites for hydroxylation is 1. The Bertz CT molecular complexity index is 1540. The fraction of sp³-hybridized carbons (Fsp3) is 0.222. The van der Waals surface area contributed by atoms with E-state index in [1.807, 2.05) is 36.3 Å². The number of benzene rings is 1. The Morgan fingerprint density at radius 1 is 1.03 bits per heavy atom. The molecule has 5 heterocycles. The summed E-state index contributed by atoms with van der Waals surface area (Å²) >= 11 is 0. The van der Waals surface area contributed by atoms with Crippen LogP contribution in [0.5, 0.6) is 0 Å². The molecule has 2 aliphatic heterocycles. The van der Waals surface area contributed by atoms with Crippen LogP contribution in [0.25, 0.3) is 28.1 Å². The van der Waals surface area contributed by atoms with Crippen LogP contribution in [0.15, 0.2) is 72.2 Å². The van der Waals surface area contributed by atoms with Crippen molar-refractivity contribution in [3.05, 3.63) is 89.5 Å². The fourth-order valence-electron chi connectivity index (χ4n) is 4.64. The second-order valence-corrected chi connectivity index (χ2v) is 9.36. The molecule has 0 amide bonds. The smallest absolute Gasteiger partial charge is 0.176 e. The van der Waals surface area contributed by atoms with Crippen molar-refractivity contribution in [3.63, 3.8) is 0 Å². The van der Waals surface area contributed by atoms with Gasteiger partial charge in [0.05, 0.1) is 23.3 Å². The molecular formula is C27H27N9. The molecule has 0 bridgehead atoms. The van der Waals surface area contributed by atoms with Gasteiger partial charge in [-0.1, -0.05) is 24.3 Å². The van der Waals surface area contributed by atoms with E-state index in [1.54, 1.807) is 12.4 Å². The number of hydrazone groups is 1. The third-order valence-electron chi connectivity index (χ3n) is 6.31. The first-order valence-electron chi connectivity index (χ1n) is 11.9. The van der Waals surface area contributed by atoms with Crippen molar-refractivity contribution in [3.8, 4) is 5.82 Å². The molecule has 1 unspecified atom stereocenters. The van der Waals surface area contributed by atoms with E-state index in [4.69, 9.17) is 10.1 Å². The number of pyridine rings is 2. The summed E-state index contributed by atoms with van der Waals surface area (Å²) in [5.74, 6) is 0.632. The van der Waals surface area contributed by atoms with Gasteiger partial charge < -0.3 is 10.2 Å². The Morgan fingerprint density at radius 3 is 2.61 bits per heavy atom. The highest BCUT2D eigenvalue weighted by atomic mass is 15.5. The van der Waals surface area contributed by atoms with E-state index in [0.29, 0.717) is 11.5 Å². The van der Waals surface area contributed by atoms with Crippen LogP contribution >= 0.6 is 0 Å². The maximum Gasteiger partial charge on any atom is 0.176 e. The van der Waals surface area contributed by atoms with Gasteiger partial charge in [0.15, 0.2) is 11.5 Å². The summed E-state index contributed by atoms with van der Waals surface area (Å²) in [5, 5.41) is 20.1. The molecule has 4 aromatic rings. The topological polar surface area (TPSA) is 87.4 Å². The Hall–Kier alpha value is -4.37. The number of hydrogen-bond acceptors (Lipinski definition) is 8. The summed E-state index contributed by atoms with van der Waals surface area (Å²) < 4.78 is 0.